The van der Waals surface area contributed by atoms with Crippen molar-refractivity contribution >= 4 is 11.9 Å². The molecule has 8 nitrogen and oxygen atoms in total. The van der Waals surface area contributed by atoms with Crippen LogP contribution in [0.1, 0.15) is 5.82 Å². The Kier molecular flexibility index (Phi) is 4.55. The van der Waals surface area contributed by atoms with Crippen molar-refractivity contribution in [2.24, 2.45) is 0 Å². The van der Waals surface area contributed by atoms with Gasteiger partial charge in [-0.25, -0.2) is 15.0 Å². The molecule has 0 unspecified atom stereocenters. The van der Waals surface area contributed by atoms with E-state index < -0.39 is 0 Å². The van der Waals surface area contributed by atoms with E-state index in [2.05, 4.69) is 30.0 Å². The fourth-order valence-corrected chi connectivity index (χ4v) is 2.96. The van der Waals surface area contributed by atoms with E-state index in [1.54, 1.807) is 18.5 Å². The maximum atomic E-state index is 12.5. The summed E-state index contributed by atoms with van der Waals surface area (Å²) in [6, 6.07) is 11.5. The van der Waals surface area contributed by atoms with Crippen molar-refractivity contribution < 1.29 is 4.79 Å². The summed E-state index contributed by atoms with van der Waals surface area (Å²) in [6.45, 7) is 2.75. The molecule has 4 rings (SSSR count). The third kappa shape index (κ3) is 3.53. The molecule has 132 valence electrons. The summed E-state index contributed by atoms with van der Waals surface area (Å²) in [4.78, 5) is 29.4. The molecule has 3 heterocycles. The van der Waals surface area contributed by atoms with Crippen LogP contribution in [0.2, 0.25) is 0 Å². The predicted molar refractivity (Wildman–Crippen MR) is 96.3 cm³/mol. The lowest BCUT2D eigenvalue weighted by molar-refractivity contribution is -0.130. The molecule has 26 heavy (non-hydrogen) atoms. The molecular formula is C18H19N7O. The highest BCUT2D eigenvalue weighted by Gasteiger charge is 2.23. The van der Waals surface area contributed by atoms with Crippen LogP contribution in [0.3, 0.4) is 0 Å². The Labute approximate surface area is 150 Å². The number of aromatic amines is 1. The summed E-state index contributed by atoms with van der Waals surface area (Å²) in [5.74, 6) is 1.96. The molecule has 3 aromatic rings. The van der Waals surface area contributed by atoms with Crippen molar-refractivity contribution in [3.05, 3.63) is 54.6 Å². The maximum Gasteiger partial charge on any atom is 0.230 e. The Bertz CT molecular complexity index is 858. The Hall–Kier alpha value is -3.29. The van der Waals surface area contributed by atoms with Crippen molar-refractivity contribution in [2.45, 2.75) is 6.42 Å². The molecule has 1 amide bonds. The summed E-state index contributed by atoms with van der Waals surface area (Å²) in [7, 11) is 0. The normalized spacial score (nSPS) is 14.5. The molecule has 1 N–H and O–H groups in total. The minimum Gasteiger partial charge on any atom is -0.339 e. The van der Waals surface area contributed by atoms with Gasteiger partial charge in [-0.3, -0.25) is 9.89 Å². The third-order valence-electron chi connectivity index (χ3n) is 4.35. The smallest absolute Gasteiger partial charge is 0.230 e. The van der Waals surface area contributed by atoms with E-state index in [0.29, 0.717) is 30.7 Å². The topological polar surface area (TPSA) is 90.9 Å². The van der Waals surface area contributed by atoms with E-state index in [1.807, 2.05) is 35.2 Å². The summed E-state index contributed by atoms with van der Waals surface area (Å²) in [6.07, 6.45) is 3.68. The van der Waals surface area contributed by atoms with Crippen molar-refractivity contribution in [2.75, 3.05) is 31.1 Å². The fraction of sp³-hybridized carbons (Fsp3) is 0.278. The van der Waals surface area contributed by atoms with Crippen molar-refractivity contribution in [3.63, 3.8) is 0 Å². The first-order chi connectivity index (χ1) is 12.8. The van der Waals surface area contributed by atoms with Crippen LogP contribution in [0.5, 0.6) is 0 Å². The van der Waals surface area contributed by atoms with Gasteiger partial charge < -0.3 is 9.80 Å². The van der Waals surface area contributed by atoms with Gasteiger partial charge in [0.2, 0.25) is 11.9 Å². The molecule has 0 aliphatic carbocycles. The van der Waals surface area contributed by atoms with Gasteiger partial charge in [0.1, 0.15) is 5.82 Å². The van der Waals surface area contributed by atoms with Gasteiger partial charge in [0.15, 0.2) is 5.82 Å². The first-order valence-corrected chi connectivity index (χ1v) is 8.56. The fourth-order valence-electron chi connectivity index (χ4n) is 2.96. The Morgan fingerprint density at radius 1 is 1.00 bits per heavy atom. The van der Waals surface area contributed by atoms with Gasteiger partial charge >= 0.3 is 0 Å². The molecule has 0 spiro atoms. The Morgan fingerprint density at radius 3 is 2.46 bits per heavy atom. The molecule has 8 heteroatoms. The third-order valence-corrected chi connectivity index (χ3v) is 4.35. The van der Waals surface area contributed by atoms with Crippen LogP contribution in [0.25, 0.3) is 11.4 Å². The SMILES string of the molecule is O=C(Cc1nc(-c2ccccc2)n[nH]1)N1CCN(c2ncccn2)CC1. The van der Waals surface area contributed by atoms with Crippen LogP contribution in [-0.4, -0.2) is 62.1 Å². The van der Waals surface area contributed by atoms with E-state index in [0.717, 1.165) is 18.7 Å². The molecule has 1 fully saturated rings. The van der Waals surface area contributed by atoms with Gasteiger partial charge in [-0.2, -0.15) is 5.10 Å². The zero-order valence-electron chi connectivity index (χ0n) is 14.2. The van der Waals surface area contributed by atoms with Gasteiger partial charge in [-0.1, -0.05) is 30.3 Å². The van der Waals surface area contributed by atoms with Crippen LogP contribution in [0.4, 0.5) is 5.95 Å². The Morgan fingerprint density at radius 2 is 1.73 bits per heavy atom. The van der Waals surface area contributed by atoms with Crippen molar-refractivity contribution in [1.82, 2.24) is 30.0 Å². The van der Waals surface area contributed by atoms with Crippen molar-refractivity contribution in [3.8, 4) is 11.4 Å². The standard InChI is InChI=1S/C18H19N7O/c26-16(13-15-21-17(23-22-15)14-5-2-1-3-6-14)24-9-11-25(12-10-24)18-19-7-4-8-20-18/h1-8H,9-13H2,(H,21,22,23). The minimum atomic E-state index is 0.0504. The second-order valence-electron chi connectivity index (χ2n) is 6.07. The van der Waals surface area contributed by atoms with Crippen LogP contribution in [-0.2, 0) is 11.2 Å². The minimum absolute atomic E-state index is 0.0504. The number of nitrogens with one attached hydrogen (secondary N) is 1. The number of aromatic nitrogens is 5. The molecule has 0 saturated carbocycles. The predicted octanol–water partition coefficient (Wildman–Crippen LogP) is 1.15. The quantitative estimate of drug-likeness (QED) is 0.760. The number of anilines is 1. The molecule has 0 atom stereocenters. The van der Waals surface area contributed by atoms with Crippen LogP contribution in [0, 0.1) is 0 Å². The average molecular weight is 349 g/mol. The largest absolute Gasteiger partial charge is 0.339 e. The van der Waals surface area contributed by atoms with E-state index in [1.165, 1.54) is 0 Å². The molecule has 1 aliphatic rings. The van der Waals surface area contributed by atoms with Crippen molar-refractivity contribution in [1.29, 1.82) is 0 Å². The number of nitrogens with zero attached hydrogens (tertiary/aromatic N) is 6. The van der Waals surface area contributed by atoms with E-state index in [-0.39, 0.29) is 12.3 Å². The molecule has 0 radical (unpaired) electrons. The summed E-state index contributed by atoms with van der Waals surface area (Å²) >= 11 is 0. The molecular weight excluding hydrogens is 330 g/mol. The van der Waals surface area contributed by atoms with Gasteiger partial charge in [0.25, 0.3) is 0 Å². The van der Waals surface area contributed by atoms with Gasteiger partial charge in [0.05, 0.1) is 6.42 Å². The van der Waals surface area contributed by atoms with E-state index in [4.69, 9.17) is 0 Å². The first-order valence-electron chi connectivity index (χ1n) is 8.56. The molecule has 1 aromatic carbocycles. The molecule has 2 aromatic heterocycles. The lowest BCUT2D eigenvalue weighted by Gasteiger charge is -2.34. The van der Waals surface area contributed by atoms with Gasteiger partial charge in [0, 0.05) is 44.1 Å². The highest BCUT2D eigenvalue weighted by Crippen LogP contribution is 2.14. The average Bonchev–Trinajstić information content (AvgIpc) is 3.18. The first kappa shape index (κ1) is 16.2. The van der Waals surface area contributed by atoms with Crippen LogP contribution >= 0.6 is 0 Å². The number of hydrogen-bond acceptors (Lipinski definition) is 6. The number of rotatable bonds is 4. The number of piperazine rings is 1. The maximum absolute atomic E-state index is 12.5. The highest BCUT2D eigenvalue weighted by atomic mass is 16.2. The monoisotopic (exact) mass is 349 g/mol. The molecule has 1 saturated heterocycles. The Balaban J connectivity index is 1.34. The molecule has 1 aliphatic heterocycles. The number of carbonyl (C=O) groups excluding carboxylic acids is 1. The highest BCUT2D eigenvalue weighted by molar-refractivity contribution is 5.78. The summed E-state index contributed by atoms with van der Waals surface area (Å²) in [5, 5.41) is 7.07. The second-order valence-corrected chi connectivity index (χ2v) is 6.07. The van der Waals surface area contributed by atoms with E-state index >= 15 is 0 Å². The lowest BCUT2D eigenvalue weighted by atomic mass is 10.2. The van der Waals surface area contributed by atoms with Gasteiger partial charge in [-0.15, -0.1) is 0 Å². The number of benzene rings is 1. The number of hydrogen-bond donors (Lipinski definition) is 1. The second kappa shape index (κ2) is 7.30. The zero-order valence-corrected chi connectivity index (χ0v) is 14.2. The number of H-pyrrole nitrogens is 1. The number of carbonyl (C=O) groups is 1. The molecule has 0 bridgehead atoms. The summed E-state index contributed by atoms with van der Waals surface area (Å²) < 4.78 is 0. The number of amides is 1. The zero-order chi connectivity index (χ0) is 17.8. The van der Waals surface area contributed by atoms with Gasteiger partial charge in [-0.05, 0) is 6.07 Å². The van der Waals surface area contributed by atoms with E-state index in [9.17, 15) is 4.79 Å². The van der Waals surface area contributed by atoms with Crippen LogP contribution < -0.4 is 4.90 Å². The lowest BCUT2D eigenvalue weighted by Crippen LogP contribution is -2.49. The summed E-state index contributed by atoms with van der Waals surface area (Å²) in [5.41, 5.74) is 0.930. The van der Waals surface area contributed by atoms with Crippen LogP contribution in [0.15, 0.2) is 48.8 Å².